The van der Waals surface area contributed by atoms with Gasteiger partial charge in [0.05, 0.1) is 0 Å². The molecule has 1 saturated heterocycles. The van der Waals surface area contributed by atoms with Crippen molar-refractivity contribution in [1.82, 2.24) is 5.32 Å². The maximum Gasteiger partial charge on any atom is 0.406 e. The van der Waals surface area contributed by atoms with Crippen molar-refractivity contribution in [2.75, 3.05) is 13.1 Å². The summed E-state index contributed by atoms with van der Waals surface area (Å²) >= 11 is 5.76. The first kappa shape index (κ1) is 15.1. The van der Waals surface area contributed by atoms with Crippen LogP contribution in [0.1, 0.15) is 12.0 Å². The van der Waals surface area contributed by atoms with E-state index in [1.165, 1.54) is 0 Å². The van der Waals surface area contributed by atoms with E-state index in [0.717, 1.165) is 0 Å². The van der Waals surface area contributed by atoms with Crippen LogP contribution in [0.3, 0.4) is 0 Å². The van der Waals surface area contributed by atoms with Crippen LogP contribution in [0.25, 0.3) is 0 Å². The summed E-state index contributed by atoms with van der Waals surface area (Å²) in [4.78, 5) is 11.9. The zero-order chi connectivity index (χ0) is 14.8. The molecule has 0 bridgehead atoms. The number of hydrogen-bond acceptors (Lipinski definition) is 3. The largest absolute Gasteiger partial charge is 0.460 e. The zero-order valence-electron chi connectivity index (χ0n) is 10.5. The van der Waals surface area contributed by atoms with Crippen molar-refractivity contribution >= 4 is 17.6 Å². The molecule has 0 amide bonds. The Labute approximate surface area is 119 Å². The summed E-state index contributed by atoms with van der Waals surface area (Å²) < 4.78 is 44.1. The van der Waals surface area contributed by atoms with Crippen LogP contribution in [0.4, 0.5) is 13.2 Å². The highest BCUT2D eigenvalue weighted by Crippen LogP contribution is 2.44. The summed E-state index contributed by atoms with van der Waals surface area (Å²) in [6.07, 6.45) is -4.92. The second kappa shape index (κ2) is 5.61. The molecule has 0 aliphatic carbocycles. The lowest BCUT2D eigenvalue weighted by atomic mass is 9.86. The van der Waals surface area contributed by atoms with E-state index in [4.69, 9.17) is 16.3 Å². The van der Waals surface area contributed by atoms with Gasteiger partial charge in [-0.1, -0.05) is 23.7 Å². The quantitative estimate of drug-likeness (QED) is 0.873. The van der Waals surface area contributed by atoms with Gasteiger partial charge in [0.1, 0.15) is 6.61 Å². The van der Waals surface area contributed by atoms with E-state index < -0.39 is 24.1 Å². The Balaban J connectivity index is 2.07. The maximum atomic E-state index is 13.1. The van der Waals surface area contributed by atoms with Gasteiger partial charge in [-0.15, -0.1) is 0 Å². The van der Waals surface area contributed by atoms with E-state index in [-0.39, 0.29) is 19.6 Å². The molecule has 1 heterocycles. The molecule has 1 N–H and O–H groups in total. The highest BCUT2D eigenvalue weighted by molar-refractivity contribution is 6.30. The molecule has 1 aromatic carbocycles. The molecule has 0 spiro atoms. The monoisotopic (exact) mass is 307 g/mol. The van der Waals surface area contributed by atoms with Crippen LogP contribution in [0.2, 0.25) is 5.02 Å². The summed E-state index contributed by atoms with van der Waals surface area (Å²) in [6, 6.07) is 6.45. The van der Waals surface area contributed by atoms with E-state index >= 15 is 0 Å². The Morgan fingerprint density at radius 3 is 2.75 bits per heavy atom. The predicted molar refractivity (Wildman–Crippen MR) is 67.2 cm³/mol. The first-order valence-corrected chi connectivity index (χ1v) is 6.42. The van der Waals surface area contributed by atoms with E-state index in [0.29, 0.717) is 10.6 Å². The standard InChI is InChI=1S/C13H13ClF3NO2/c14-10-3-1-2-9(6-10)7-20-11(19)12(13(15,16)17)4-5-18-8-12/h1-3,6,18H,4-5,7-8H2. The second-order valence-corrected chi connectivity index (χ2v) is 5.15. The molecular formula is C13H13ClF3NO2. The summed E-state index contributed by atoms with van der Waals surface area (Å²) in [5.41, 5.74) is -1.89. The molecular weight excluding hydrogens is 295 g/mol. The molecule has 1 aromatic rings. The van der Waals surface area contributed by atoms with Gasteiger partial charge < -0.3 is 10.1 Å². The van der Waals surface area contributed by atoms with E-state index in [2.05, 4.69) is 5.32 Å². The van der Waals surface area contributed by atoms with Crippen molar-refractivity contribution in [3.8, 4) is 0 Å². The third-order valence-corrected chi connectivity index (χ3v) is 3.58. The van der Waals surface area contributed by atoms with Crippen molar-refractivity contribution in [2.45, 2.75) is 19.2 Å². The smallest absolute Gasteiger partial charge is 0.406 e. The van der Waals surface area contributed by atoms with Crippen LogP contribution in [-0.2, 0) is 16.1 Å². The first-order chi connectivity index (χ1) is 9.35. The van der Waals surface area contributed by atoms with Crippen LogP contribution in [0, 0.1) is 5.41 Å². The minimum atomic E-state index is -4.62. The second-order valence-electron chi connectivity index (χ2n) is 4.71. The number of benzene rings is 1. The van der Waals surface area contributed by atoms with Gasteiger partial charge in [-0.05, 0) is 30.7 Å². The number of halogens is 4. The average Bonchev–Trinajstić information content (AvgIpc) is 2.86. The molecule has 1 aliphatic rings. The number of esters is 1. The number of rotatable bonds is 3. The molecule has 1 aliphatic heterocycles. The van der Waals surface area contributed by atoms with Gasteiger partial charge in [-0.3, -0.25) is 4.79 Å². The molecule has 3 nitrogen and oxygen atoms in total. The minimum absolute atomic E-state index is 0.145. The number of carbonyl (C=O) groups excluding carboxylic acids is 1. The topological polar surface area (TPSA) is 38.3 Å². The van der Waals surface area contributed by atoms with Crippen LogP contribution in [0.5, 0.6) is 0 Å². The molecule has 1 unspecified atom stereocenters. The van der Waals surface area contributed by atoms with E-state index in [1.807, 2.05) is 0 Å². The number of nitrogens with one attached hydrogen (secondary N) is 1. The summed E-state index contributed by atoms with van der Waals surface area (Å²) in [7, 11) is 0. The molecule has 0 aromatic heterocycles. The van der Waals surface area contributed by atoms with Crippen molar-refractivity contribution in [1.29, 1.82) is 0 Å². The Morgan fingerprint density at radius 1 is 1.45 bits per heavy atom. The third-order valence-electron chi connectivity index (χ3n) is 3.35. The lowest BCUT2D eigenvalue weighted by Gasteiger charge is -2.28. The number of hydrogen-bond donors (Lipinski definition) is 1. The van der Waals surface area contributed by atoms with Crippen LogP contribution in [-0.4, -0.2) is 25.2 Å². The van der Waals surface area contributed by atoms with Gasteiger partial charge in [0, 0.05) is 11.6 Å². The lowest BCUT2D eigenvalue weighted by Crippen LogP contribution is -2.47. The van der Waals surface area contributed by atoms with Gasteiger partial charge in [0.15, 0.2) is 5.41 Å². The molecule has 0 radical (unpaired) electrons. The molecule has 0 saturated carbocycles. The number of carbonyl (C=O) groups is 1. The molecule has 2 rings (SSSR count). The Bertz CT molecular complexity index is 499. The average molecular weight is 308 g/mol. The number of ether oxygens (including phenoxy) is 1. The molecule has 1 fully saturated rings. The van der Waals surface area contributed by atoms with Gasteiger partial charge in [0.2, 0.25) is 0 Å². The highest BCUT2D eigenvalue weighted by Gasteiger charge is 2.62. The van der Waals surface area contributed by atoms with Crippen LogP contribution in [0.15, 0.2) is 24.3 Å². The Morgan fingerprint density at radius 2 is 2.20 bits per heavy atom. The highest BCUT2D eigenvalue weighted by atomic mass is 35.5. The van der Waals surface area contributed by atoms with Crippen molar-refractivity contribution < 1.29 is 22.7 Å². The van der Waals surface area contributed by atoms with E-state index in [1.54, 1.807) is 24.3 Å². The van der Waals surface area contributed by atoms with Crippen molar-refractivity contribution in [3.05, 3.63) is 34.9 Å². The number of alkyl halides is 3. The Kier molecular flexibility index (Phi) is 4.25. The van der Waals surface area contributed by atoms with Gasteiger partial charge in [-0.2, -0.15) is 13.2 Å². The molecule has 20 heavy (non-hydrogen) atoms. The molecule has 7 heteroatoms. The van der Waals surface area contributed by atoms with Crippen molar-refractivity contribution in [3.63, 3.8) is 0 Å². The fourth-order valence-corrected chi connectivity index (χ4v) is 2.35. The van der Waals surface area contributed by atoms with Gasteiger partial charge in [-0.25, -0.2) is 0 Å². The zero-order valence-corrected chi connectivity index (χ0v) is 11.2. The fourth-order valence-electron chi connectivity index (χ4n) is 2.14. The van der Waals surface area contributed by atoms with Crippen LogP contribution >= 0.6 is 11.6 Å². The van der Waals surface area contributed by atoms with Gasteiger partial charge in [0.25, 0.3) is 0 Å². The maximum absolute atomic E-state index is 13.1. The Hall–Kier alpha value is -1.27. The fraction of sp³-hybridized carbons (Fsp3) is 0.462. The lowest BCUT2D eigenvalue weighted by molar-refractivity contribution is -0.229. The van der Waals surface area contributed by atoms with Crippen molar-refractivity contribution in [2.24, 2.45) is 5.41 Å². The van der Waals surface area contributed by atoms with E-state index in [9.17, 15) is 18.0 Å². The van der Waals surface area contributed by atoms with Crippen LogP contribution < -0.4 is 5.32 Å². The third kappa shape index (κ3) is 2.91. The summed E-state index contributed by atoms with van der Waals surface area (Å²) in [6.45, 7) is -0.520. The minimum Gasteiger partial charge on any atom is -0.460 e. The first-order valence-electron chi connectivity index (χ1n) is 6.04. The SMILES string of the molecule is O=C(OCc1cccc(Cl)c1)C1(C(F)(F)F)CCNC1. The van der Waals surface area contributed by atoms with Gasteiger partial charge >= 0.3 is 12.1 Å². The summed E-state index contributed by atoms with van der Waals surface area (Å²) in [5.74, 6) is -1.24. The molecule has 110 valence electrons. The molecule has 1 atom stereocenters. The normalized spacial score (nSPS) is 22.8. The summed E-state index contributed by atoms with van der Waals surface area (Å²) in [5, 5.41) is 3.00. The predicted octanol–water partition coefficient (Wildman–Crippen LogP) is 2.93.